The number of methoxy groups -OCH3 is 2. The van der Waals surface area contributed by atoms with Crippen molar-refractivity contribution in [1.82, 2.24) is 5.32 Å². The molecule has 3 aromatic carbocycles. The van der Waals surface area contributed by atoms with Crippen LogP contribution in [0.3, 0.4) is 0 Å². The van der Waals surface area contributed by atoms with Crippen LogP contribution in [0, 0.1) is 6.92 Å². The van der Waals surface area contributed by atoms with E-state index in [-0.39, 0.29) is 5.91 Å². The van der Waals surface area contributed by atoms with Gasteiger partial charge in [0.15, 0.2) is 11.5 Å². The lowest BCUT2D eigenvalue weighted by atomic mass is 10.1. The molecular weight excluding hydrogens is 382 g/mol. The molecule has 1 N–H and O–H groups in total. The van der Waals surface area contributed by atoms with E-state index in [0.29, 0.717) is 23.6 Å². The highest BCUT2D eigenvalue weighted by Gasteiger charge is 2.08. The SMILES string of the molecule is COc1ccc(CNC(=O)c2ccc(CSc3ccc(C)cc3)cc2)cc1OC. The Bertz CT molecular complexity index is 953. The van der Waals surface area contributed by atoms with E-state index in [4.69, 9.17) is 9.47 Å². The predicted octanol–water partition coefficient (Wildman–Crippen LogP) is 5.23. The van der Waals surface area contributed by atoms with Crippen LogP contribution in [-0.4, -0.2) is 20.1 Å². The minimum atomic E-state index is -0.0995. The second kappa shape index (κ2) is 10.0. The second-order valence-corrected chi connectivity index (χ2v) is 7.72. The van der Waals surface area contributed by atoms with Crippen LogP contribution in [0.1, 0.15) is 27.0 Å². The van der Waals surface area contributed by atoms with Crippen LogP contribution >= 0.6 is 11.8 Å². The molecule has 0 aromatic heterocycles. The minimum Gasteiger partial charge on any atom is -0.493 e. The highest BCUT2D eigenvalue weighted by molar-refractivity contribution is 7.98. The van der Waals surface area contributed by atoms with Gasteiger partial charge in [-0.1, -0.05) is 35.9 Å². The van der Waals surface area contributed by atoms with E-state index in [1.54, 1.807) is 26.0 Å². The van der Waals surface area contributed by atoms with E-state index < -0.39 is 0 Å². The van der Waals surface area contributed by atoms with E-state index in [1.807, 2.05) is 42.5 Å². The molecule has 0 bridgehead atoms. The predicted molar refractivity (Wildman–Crippen MR) is 118 cm³/mol. The summed E-state index contributed by atoms with van der Waals surface area (Å²) < 4.78 is 10.5. The lowest BCUT2D eigenvalue weighted by Crippen LogP contribution is -2.22. The summed E-state index contributed by atoms with van der Waals surface area (Å²) in [7, 11) is 3.20. The molecule has 0 aliphatic heterocycles. The number of aryl methyl sites for hydroxylation is 1. The van der Waals surface area contributed by atoms with Crippen molar-refractivity contribution >= 4 is 17.7 Å². The maximum Gasteiger partial charge on any atom is 0.251 e. The van der Waals surface area contributed by atoms with Gasteiger partial charge >= 0.3 is 0 Å². The molecule has 0 aliphatic carbocycles. The summed E-state index contributed by atoms with van der Waals surface area (Å²) in [5.41, 5.74) is 4.04. The third-order valence-electron chi connectivity index (χ3n) is 4.54. The molecule has 0 radical (unpaired) electrons. The minimum absolute atomic E-state index is 0.0995. The van der Waals surface area contributed by atoms with Crippen molar-refractivity contribution in [3.8, 4) is 11.5 Å². The van der Waals surface area contributed by atoms with Crippen molar-refractivity contribution in [2.75, 3.05) is 14.2 Å². The largest absolute Gasteiger partial charge is 0.493 e. The maximum absolute atomic E-state index is 12.4. The fraction of sp³-hybridized carbons (Fsp3) is 0.208. The van der Waals surface area contributed by atoms with Crippen LogP contribution < -0.4 is 14.8 Å². The zero-order chi connectivity index (χ0) is 20.6. The van der Waals surface area contributed by atoms with Crippen LogP contribution in [0.15, 0.2) is 71.6 Å². The Kier molecular flexibility index (Phi) is 7.19. The van der Waals surface area contributed by atoms with Gasteiger partial charge in [-0.25, -0.2) is 0 Å². The van der Waals surface area contributed by atoms with E-state index >= 15 is 0 Å². The van der Waals surface area contributed by atoms with Gasteiger partial charge in [0.05, 0.1) is 14.2 Å². The molecule has 4 nitrogen and oxygen atoms in total. The summed E-state index contributed by atoms with van der Waals surface area (Å²) in [6.45, 7) is 2.51. The fourth-order valence-corrected chi connectivity index (χ4v) is 3.68. The first-order valence-corrected chi connectivity index (χ1v) is 10.3. The number of nitrogens with one attached hydrogen (secondary N) is 1. The lowest BCUT2D eigenvalue weighted by molar-refractivity contribution is 0.0951. The summed E-state index contributed by atoms with van der Waals surface area (Å²) in [4.78, 5) is 13.7. The zero-order valence-corrected chi connectivity index (χ0v) is 17.7. The number of carbonyl (C=O) groups is 1. The average molecular weight is 408 g/mol. The molecule has 0 saturated heterocycles. The van der Waals surface area contributed by atoms with Gasteiger partial charge in [-0.3, -0.25) is 4.79 Å². The molecule has 0 fully saturated rings. The molecule has 1 amide bonds. The molecule has 0 heterocycles. The van der Waals surface area contributed by atoms with Gasteiger partial charge < -0.3 is 14.8 Å². The Morgan fingerprint density at radius 2 is 1.52 bits per heavy atom. The molecule has 0 atom stereocenters. The van der Waals surface area contributed by atoms with Crippen molar-refractivity contribution in [2.45, 2.75) is 24.1 Å². The number of hydrogen-bond donors (Lipinski definition) is 1. The Hall–Kier alpha value is -2.92. The van der Waals surface area contributed by atoms with Crippen molar-refractivity contribution in [2.24, 2.45) is 0 Å². The molecule has 0 unspecified atom stereocenters. The normalized spacial score (nSPS) is 10.4. The van der Waals surface area contributed by atoms with Crippen molar-refractivity contribution in [1.29, 1.82) is 0 Å². The first-order chi connectivity index (χ1) is 14.1. The third-order valence-corrected chi connectivity index (χ3v) is 5.63. The van der Waals surface area contributed by atoms with Crippen LogP contribution in [-0.2, 0) is 12.3 Å². The number of carbonyl (C=O) groups excluding carboxylic acids is 1. The van der Waals surface area contributed by atoms with Gasteiger partial charge in [-0.05, 0) is 54.4 Å². The molecular formula is C24H25NO3S. The zero-order valence-electron chi connectivity index (χ0n) is 16.9. The third kappa shape index (κ3) is 5.78. The summed E-state index contributed by atoms with van der Waals surface area (Å²) in [6, 6.07) is 21.9. The maximum atomic E-state index is 12.4. The van der Waals surface area contributed by atoms with Crippen LogP contribution in [0.4, 0.5) is 0 Å². The number of benzene rings is 3. The van der Waals surface area contributed by atoms with Crippen molar-refractivity contribution in [3.63, 3.8) is 0 Å². The summed E-state index contributed by atoms with van der Waals surface area (Å²) in [5.74, 6) is 2.09. The van der Waals surface area contributed by atoms with Crippen molar-refractivity contribution < 1.29 is 14.3 Å². The molecule has 0 saturated carbocycles. The molecule has 3 rings (SSSR count). The fourth-order valence-electron chi connectivity index (χ4n) is 2.83. The standard InChI is InChI=1S/C24H25NO3S/c1-17-4-11-21(12-5-17)29-16-18-6-9-20(10-7-18)24(26)25-15-19-8-13-22(27-2)23(14-19)28-3/h4-14H,15-16H2,1-3H3,(H,25,26). The Morgan fingerprint density at radius 3 is 2.17 bits per heavy atom. The number of thioether (sulfide) groups is 1. The van der Waals surface area contributed by atoms with Crippen LogP contribution in [0.5, 0.6) is 11.5 Å². The monoisotopic (exact) mass is 407 g/mol. The molecule has 3 aromatic rings. The smallest absolute Gasteiger partial charge is 0.251 e. The second-order valence-electron chi connectivity index (χ2n) is 6.67. The summed E-state index contributed by atoms with van der Waals surface area (Å²) in [6.07, 6.45) is 0. The van der Waals surface area contributed by atoms with E-state index in [9.17, 15) is 4.79 Å². The molecule has 0 spiro atoms. The average Bonchev–Trinajstić information content (AvgIpc) is 2.77. The molecule has 5 heteroatoms. The van der Waals surface area contributed by atoms with Crippen LogP contribution in [0.2, 0.25) is 0 Å². The van der Waals surface area contributed by atoms with Gasteiger partial charge in [0.25, 0.3) is 5.91 Å². The van der Waals surface area contributed by atoms with E-state index in [1.165, 1.54) is 16.0 Å². The topological polar surface area (TPSA) is 47.6 Å². The lowest BCUT2D eigenvalue weighted by Gasteiger charge is -2.10. The van der Waals surface area contributed by atoms with Crippen LogP contribution in [0.25, 0.3) is 0 Å². The van der Waals surface area contributed by atoms with Gasteiger partial charge in [0.2, 0.25) is 0 Å². The Balaban J connectivity index is 1.54. The van der Waals surface area contributed by atoms with Gasteiger partial charge in [0.1, 0.15) is 0 Å². The summed E-state index contributed by atoms with van der Waals surface area (Å²) >= 11 is 1.79. The molecule has 0 aliphatic rings. The Labute approximate surface area is 176 Å². The van der Waals surface area contributed by atoms with Gasteiger partial charge in [-0.15, -0.1) is 11.8 Å². The van der Waals surface area contributed by atoms with Gasteiger partial charge in [-0.2, -0.15) is 0 Å². The highest BCUT2D eigenvalue weighted by atomic mass is 32.2. The quantitative estimate of drug-likeness (QED) is 0.519. The first kappa shape index (κ1) is 20.8. The molecule has 29 heavy (non-hydrogen) atoms. The number of ether oxygens (including phenoxy) is 2. The summed E-state index contributed by atoms with van der Waals surface area (Å²) in [5, 5.41) is 2.95. The van der Waals surface area contributed by atoms with E-state index in [0.717, 1.165) is 11.3 Å². The molecule has 150 valence electrons. The van der Waals surface area contributed by atoms with Gasteiger partial charge in [0, 0.05) is 22.8 Å². The highest BCUT2D eigenvalue weighted by Crippen LogP contribution is 2.27. The number of rotatable bonds is 8. The number of hydrogen-bond acceptors (Lipinski definition) is 4. The Morgan fingerprint density at radius 1 is 0.862 bits per heavy atom. The van der Waals surface area contributed by atoms with E-state index in [2.05, 4.69) is 36.5 Å². The number of amides is 1. The van der Waals surface area contributed by atoms with Crippen molar-refractivity contribution in [3.05, 3.63) is 89.0 Å². The first-order valence-electron chi connectivity index (χ1n) is 9.36.